The zero-order valence-electron chi connectivity index (χ0n) is 24.6. The summed E-state index contributed by atoms with van der Waals surface area (Å²) in [5, 5.41) is 21.8. The van der Waals surface area contributed by atoms with Crippen LogP contribution in [-0.4, -0.2) is 58.8 Å². The number of pyridine rings is 3. The number of aliphatic hydroxyl groups excluding tert-OH is 1. The van der Waals surface area contributed by atoms with E-state index in [1.54, 1.807) is 31.6 Å². The second-order valence-corrected chi connectivity index (χ2v) is 10.8. The molecule has 0 bridgehead atoms. The predicted octanol–water partition coefficient (Wildman–Crippen LogP) is 4.51. The number of aromatic nitrogens is 3. The zero-order valence-corrected chi connectivity index (χ0v) is 25.3. The fourth-order valence-corrected chi connectivity index (χ4v) is 5.45. The SMILES string of the molecule is COc1nc(-c2ccnc(-c3cccc(Nc4nccc(CNCCO)c4F)c3C)c2Cl)ccc1CNC[C@H]1CCC(=O)N1. The molecule has 1 fully saturated rings. The molecule has 1 saturated heterocycles. The van der Waals surface area contributed by atoms with Gasteiger partial charge in [-0.1, -0.05) is 29.8 Å². The molecule has 1 amide bonds. The van der Waals surface area contributed by atoms with Crippen LogP contribution >= 0.6 is 11.6 Å². The van der Waals surface area contributed by atoms with Crippen LogP contribution in [0.2, 0.25) is 5.02 Å². The highest BCUT2D eigenvalue weighted by Crippen LogP contribution is 2.38. The summed E-state index contributed by atoms with van der Waals surface area (Å²) >= 11 is 6.96. The average molecular weight is 620 g/mol. The predicted molar refractivity (Wildman–Crippen MR) is 168 cm³/mol. The van der Waals surface area contributed by atoms with E-state index < -0.39 is 5.82 Å². The number of ether oxygens (including phenoxy) is 1. The Morgan fingerprint density at radius 3 is 2.66 bits per heavy atom. The van der Waals surface area contributed by atoms with Crippen LogP contribution in [0.15, 0.2) is 54.9 Å². The molecule has 4 aromatic rings. The highest BCUT2D eigenvalue weighted by molar-refractivity contribution is 6.35. The number of hydrogen-bond donors (Lipinski definition) is 5. The number of carbonyl (C=O) groups is 1. The van der Waals surface area contributed by atoms with E-state index in [0.29, 0.717) is 65.2 Å². The van der Waals surface area contributed by atoms with E-state index in [2.05, 4.69) is 31.2 Å². The number of nitrogens with one attached hydrogen (secondary N) is 4. The fraction of sp³-hybridized carbons (Fsp3) is 0.312. The number of methoxy groups -OCH3 is 1. The first-order chi connectivity index (χ1) is 21.4. The summed E-state index contributed by atoms with van der Waals surface area (Å²) in [6.07, 6.45) is 4.61. The van der Waals surface area contributed by atoms with E-state index in [9.17, 15) is 4.79 Å². The summed E-state index contributed by atoms with van der Waals surface area (Å²) in [5.41, 5.74) is 5.45. The Labute approximate surface area is 260 Å². The van der Waals surface area contributed by atoms with Crippen LogP contribution in [0.3, 0.4) is 0 Å². The Kier molecular flexibility index (Phi) is 10.3. The van der Waals surface area contributed by atoms with E-state index in [1.165, 1.54) is 0 Å². The number of rotatable bonds is 13. The zero-order chi connectivity index (χ0) is 31.1. The van der Waals surface area contributed by atoms with Gasteiger partial charge in [0.15, 0.2) is 11.6 Å². The Bertz CT molecular complexity index is 1640. The normalized spacial score (nSPS) is 14.5. The number of hydrogen-bond acceptors (Lipinski definition) is 9. The number of benzene rings is 1. The monoisotopic (exact) mass is 619 g/mol. The molecule has 0 saturated carbocycles. The Balaban J connectivity index is 1.37. The number of aliphatic hydroxyl groups is 1. The summed E-state index contributed by atoms with van der Waals surface area (Å²) < 4.78 is 20.8. The molecule has 44 heavy (non-hydrogen) atoms. The highest BCUT2D eigenvalue weighted by Gasteiger charge is 2.21. The summed E-state index contributed by atoms with van der Waals surface area (Å²) in [5.74, 6) is 0.197. The summed E-state index contributed by atoms with van der Waals surface area (Å²) in [4.78, 5) is 25.0. The molecule has 0 radical (unpaired) electrons. The van der Waals surface area contributed by atoms with Crippen molar-refractivity contribution in [2.75, 3.05) is 32.1 Å². The quantitative estimate of drug-likeness (QED) is 0.137. The number of amides is 1. The Hall–Kier alpha value is -4.16. The Morgan fingerprint density at radius 2 is 1.89 bits per heavy atom. The molecule has 4 heterocycles. The second-order valence-electron chi connectivity index (χ2n) is 10.5. The number of carbonyl (C=O) groups excluding carboxylic acids is 1. The third-order valence-electron chi connectivity index (χ3n) is 7.50. The number of nitrogens with zero attached hydrogens (tertiary/aromatic N) is 3. The van der Waals surface area contributed by atoms with Gasteiger partial charge < -0.3 is 31.1 Å². The third-order valence-corrected chi connectivity index (χ3v) is 7.89. The number of anilines is 2. The van der Waals surface area contributed by atoms with Gasteiger partial charge in [0.1, 0.15) is 0 Å². The van der Waals surface area contributed by atoms with Gasteiger partial charge in [-0.3, -0.25) is 9.78 Å². The first-order valence-electron chi connectivity index (χ1n) is 14.4. The lowest BCUT2D eigenvalue weighted by atomic mass is 10.0. The minimum atomic E-state index is -0.468. The largest absolute Gasteiger partial charge is 0.481 e. The second kappa shape index (κ2) is 14.5. The summed E-state index contributed by atoms with van der Waals surface area (Å²) in [7, 11) is 1.58. The van der Waals surface area contributed by atoms with Crippen LogP contribution in [-0.2, 0) is 17.9 Å². The van der Waals surface area contributed by atoms with Gasteiger partial charge in [0, 0.05) is 79.0 Å². The maximum atomic E-state index is 15.2. The molecule has 10 nitrogen and oxygen atoms in total. The lowest BCUT2D eigenvalue weighted by molar-refractivity contribution is -0.119. The summed E-state index contributed by atoms with van der Waals surface area (Å²) in [6.45, 7) is 3.72. The van der Waals surface area contributed by atoms with Crippen molar-refractivity contribution in [2.45, 2.75) is 38.9 Å². The van der Waals surface area contributed by atoms with Gasteiger partial charge in [0.25, 0.3) is 0 Å². The molecule has 0 spiro atoms. The van der Waals surface area contributed by atoms with Crippen molar-refractivity contribution in [3.05, 3.63) is 82.4 Å². The summed E-state index contributed by atoms with van der Waals surface area (Å²) in [6, 6.07) is 13.0. The molecule has 5 N–H and O–H groups in total. The highest BCUT2D eigenvalue weighted by atomic mass is 35.5. The minimum absolute atomic E-state index is 0.0305. The minimum Gasteiger partial charge on any atom is -0.481 e. The Morgan fingerprint density at radius 1 is 1.07 bits per heavy atom. The van der Waals surface area contributed by atoms with Gasteiger partial charge in [0.2, 0.25) is 11.8 Å². The molecule has 230 valence electrons. The van der Waals surface area contributed by atoms with E-state index >= 15 is 4.39 Å². The van der Waals surface area contributed by atoms with Gasteiger partial charge in [-0.2, -0.15) is 0 Å². The van der Waals surface area contributed by atoms with Crippen LogP contribution in [0.4, 0.5) is 15.9 Å². The fourth-order valence-electron chi connectivity index (χ4n) is 5.14. The van der Waals surface area contributed by atoms with Gasteiger partial charge in [0.05, 0.1) is 30.1 Å². The van der Waals surface area contributed by atoms with Crippen molar-refractivity contribution in [3.63, 3.8) is 0 Å². The van der Waals surface area contributed by atoms with Crippen molar-refractivity contribution < 1.29 is 19.0 Å². The van der Waals surface area contributed by atoms with Crippen molar-refractivity contribution in [1.82, 2.24) is 30.9 Å². The molecule has 0 aliphatic carbocycles. The first kappa shape index (κ1) is 31.3. The molecule has 1 aliphatic rings. The average Bonchev–Trinajstić information content (AvgIpc) is 3.45. The molecule has 1 atom stereocenters. The maximum absolute atomic E-state index is 15.2. The lowest BCUT2D eigenvalue weighted by Gasteiger charge is -2.16. The van der Waals surface area contributed by atoms with Crippen molar-refractivity contribution >= 4 is 29.0 Å². The van der Waals surface area contributed by atoms with Crippen molar-refractivity contribution in [2.24, 2.45) is 0 Å². The molecular weight excluding hydrogens is 585 g/mol. The molecule has 0 unspecified atom stereocenters. The van der Waals surface area contributed by atoms with Crippen LogP contribution in [0.1, 0.15) is 29.5 Å². The number of halogens is 2. The van der Waals surface area contributed by atoms with Gasteiger partial charge >= 0.3 is 0 Å². The van der Waals surface area contributed by atoms with Crippen LogP contribution < -0.4 is 26.0 Å². The molecule has 1 aliphatic heterocycles. The third kappa shape index (κ3) is 7.13. The van der Waals surface area contributed by atoms with Gasteiger partial charge in [-0.05, 0) is 43.2 Å². The van der Waals surface area contributed by atoms with Crippen LogP contribution in [0.5, 0.6) is 5.88 Å². The molecule has 12 heteroatoms. The topological polar surface area (TPSA) is 133 Å². The molecule has 3 aromatic heterocycles. The van der Waals surface area contributed by atoms with E-state index in [0.717, 1.165) is 23.1 Å². The smallest absolute Gasteiger partial charge is 0.220 e. The standard InChI is InChI=1S/C32H35ClFN7O3/c1-19-23(4-3-5-25(19)40-31-29(34)20(10-12-38-31)16-35-14-15-42)30-28(33)24(11-13-37-30)26-8-6-21(32(41-26)44-2)17-36-18-22-7-9-27(43)39-22/h3-6,8,10-13,22,35-36,42H,7,9,14-18H2,1-2H3,(H,38,40)(H,39,43)/t22-/m1/s1. The van der Waals surface area contributed by atoms with E-state index in [-0.39, 0.29) is 30.9 Å². The molecule has 1 aromatic carbocycles. The maximum Gasteiger partial charge on any atom is 0.220 e. The van der Waals surface area contributed by atoms with Gasteiger partial charge in [-0.25, -0.2) is 14.4 Å². The molecular formula is C32H35ClFN7O3. The van der Waals surface area contributed by atoms with Crippen molar-refractivity contribution in [1.29, 1.82) is 0 Å². The van der Waals surface area contributed by atoms with E-state index in [1.807, 2.05) is 37.3 Å². The van der Waals surface area contributed by atoms with Crippen molar-refractivity contribution in [3.8, 4) is 28.4 Å². The van der Waals surface area contributed by atoms with E-state index in [4.69, 9.17) is 26.4 Å². The molecule has 5 rings (SSSR count). The van der Waals surface area contributed by atoms with Crippen LogP contribution in [0, 0.1) is 12.7 Å². The van der Waals surface area contributed by atoms with Crippen LogP contribution in [0.25, 0.3) is 22.5 Å². The first-order valence-corrected chi connectivity index (χ1v) is 14.8. The lowest BCUT2D eigenvalue weighted by Crippen LogP contribution is -2.35. The van der Waals surface area contributed by atoms with Gasteiger partial charge in [-0.15, -0.1) is 0 Å².